The van der Waals surface area contributed by atoms with E-state index in [-0.39, 0.29) is 23.5 Å². The van der Waals surface area contributed by atoms with Crippen molar-refractivity contribution in [3.8, 4) is 5.75 Å². The van der Waals surface area contributed by atoms with E-state index in [1.807, 2.05) is 6.26 Å². The van der Waals surface area contributed by atoms with Crippen LogP contribution in [0.5, 0.6) is 5.75 Å². The summed E-state index contributed by atoms with van der Waals surface area (Å²) in [6, 6.07) is 4.17. The van der Waals surface area contributed by atoms with Crippen LogP contribution in [0.4, 0.5) is 5.69 Å². The van der Waals surface area contributed by atoms with Gasteiger partial charge in [0.05, 0.1) is 11.2 Å². The van der Waals surface area contributed by atoms with E-state index in [1.165, 1.54) is 30.0 Å². The average Bonchev–Trinajstić information content (AvgIpc) is 2.29. The van der Waals surface area contributed by atoms with Crippen LogP contribution in [0.15, 0.2) is 18.2 Å². The molecule has 0 bridgehead atoms. The van der Waals surface area contributed by atoms with E-state index in [2.05, 4.69) is 5.32 Å². The van der Waals surface area contributed by atoms with Crippen molar-refractivity contribution in [3.05, 3.63) is 23.8 Å². The van der Waals surface area contributed by atoms with Gasteiger partial charge in [-0.3, -0.25) is 4.79 Å². The lowest BCUT2D eigenvalue weighted by Gasteiger charge is -2.22. The number of phenols is 1. The number of anilines is 1. The number of nitrogen functional groups attached to an aromatic ring is 1. The lowest BCUT2D eigenvalue weighted by atomic mass is 10.1. The SMILES string of the molecule is CSCC(C)(O)CNC(=O)c1cc(O)ccc1N. The highest BCUT2D eigenvalue weighted by Gasteiger charge is 2.21. The fraction of sp³-hybridized carbons (Fsp3) is 0.417. The molecule has 1 rings (SSSR count). The molecule has 6 heteroatoms. The molecule has 0 aromatic heterocycles. The molecule has 18 heavy (non-hydrogen) atoms. The Bertz CT molecular complexity index is 435. The van der Waals surface area contributed by atoms with E-state index >= 15 is 0 Å². The summed E-state index contributed by atoms with van der Waals surface area (Å²) in [5.74, 6) is 0.0815. The Labute approximate surface area is 110 Å². The molecule has 1 atom stereocenters. The van der Waals surface area contributed by atoms with Crippen LogP contribution in [0.2, 0.25) is 0 Å². The number of benzene rings is 1. The molecule has 0 fully saturated rings. The van der Waals surface area contributed by atoms with Gasteiger partial charge in [0.15, 0.2) is 0 Å². The second-order valence-electron chi connectivity index (χ2n) is 4.38. The monoisotopic (exact) mass is 270 g/mol. The molecule has 5 nitrogen and oxygen atoms in total. The highest BCUT2D eigenvalue weighted by Crippen LogP contribution is 2.18. The van der Waals surface area contributed by atoms with E-state index in [9.17, 15) is 15.0 Å². The second kappa shape index (κ2) is 5.97. The van der Waals surface area contributed by atoms with E-state index in [0.717, 1.165) is 0 Å². The van der Waals surface area contributed by atoms with Gasteiger partial charge in [-0.1, -0.05) is 0 Å². The van der Waals surface area contributed by atoms with Gasteiger partial charge < -0.3 is 21.3 Å². The van der Waals surface area contributed by atoms with Crippen LogP contribution in [0.1, 0.15) is 17.3 Å². The first-order valence-electron chi connectivity index (χ1n) is 5.44. The van der Waals surface area contributed by atoms with Crippen molar-refractivity contribution in [2.75, 3.05) is 24.3 Å². The molecule has 0 heterocycles. The van der Waals surface area contributed by atoms with Crippen LogP contribution in [-0.2, 0) is 0 Å². The summed E-state index contributed by atoms with van der Waals surface area (Å²) < 4.78 is 0. The van der Waals surface area contributed by atoms with Crippen molar-refractivity contribution in [2.24, 2.45) is 0 Å². The van der Waals surface area contributed by atoms with E-state index < -0.39 is 11.5 Å². The Morgan fingerprint density at radius 2 is 2.22 bits per heavy atom. The van der Waals surface area contributed by atoms with Crippen LogP contribution in [0.25, 0.3) is 0 Å². The third-order valence-electron chi connectivity index (χ3n) is 2.37. The molecule has 0 aliphatic heterocycles. The molecule has 5 N–H and O–H groups in total. The number of phenolic OH excluding ortho intramolecular Hbond substituents is 1. The summed E-state index contributed by atoms with van der Waals surface area (Å²) in [5.41, 5.74) is 5.17. The van der Waals surface area contributed by atoms with Crippen molar-refractivity contribution < 1.29 is 15.0 Å². The summed E-state index contributed by atoms with van der Waals surface area (Å²) >= 11 is 1.50. The van der Waals surface area contributed by atoms with Gasteiger partial charge in [0.1, 0.15) is 5.75 Å². The third-order valence-corrected chi connectivity index (χ3v) is 3.28. The van der Waals surface area contributed by atoms with Gasteiger partial charge in [-0.25, -0.2) is 0 Å². The van der Waals surface area contributed by atoms with Crippen LogP contribution in [-0.4, -0.2) is 40.3 Å². The molecular formula is C12H18N2O3S. The summed E-state index contributed by atoms with van der Waals surface area (Å²) in [6.45, 7) is 1.78. The number of hydrogen-bond donors (Lipinski definition) is 4. The quantitative estimate of drug-likeness (QED) is 0.469. The molecule has 0 saturated heterocycles. The first-order valence-corrected chi connectivity index (χ1v) is 6.83. The van der Waals surface area contributed by atoms with Gasteiger partial charge in [0.2, 0.25) is 0 Å². The third kappa shape index (κ3) is 4.12. The van der Waals surface area contributed by atoms with Crippen molar-refractivity contribution in [2.45, 2.75) is 12.5 Å². The molecule has 0 aliphatic carbocycles. The molecule has 0 aliphatic rings. The zero-order valence-corrected chi connectivity index (χ0v) is 11.3. The largest absolute Gasteiger partial charge is 0.508 e. The minimum absolute atomic E-state index is 0.0229. The smallest absolute Gasteiger partial charge is 0.253 e. The average molecular weight is 270 g/mol. The Kier molecular flexibility index (Phi) is 4.86. The van der Waals surface area contributed by atoms with Gasteiger partial charge in [0.25, 0.3) is 5.91 Å². The van der Waals surface area contributed by atoms with Crippen molar-refractivity contribution in [1.29, 1.82) is 0 Å². The predicted octanol–water partition coefficient (Wildman–Crippen LogP) is 0.818. The number of carbonyl (C=O) groups is 1. The molecule has 1 amide bonds. The Morgan fingerprint density at radius 1 is 1.56 bits per heavy atom. The van der Waals surface area contributed by atoms with E-state index in [0.29, 0.717) is 5.75 Å². The lowest BCUT2D eigenvalue weighted by molar-refractivity contribution is 0.0725. The number of nitrogens with two attached hydrogens (primary N) is 1. The van der Waals surface area contributed by atoms with Gasteiger partial charge >= 0.3 is 0 Å². The van der Waals surface area contributed by atoms with E-state index in [1.54, 1.807) is 6.92 Å². The fourth-order valence-electron chi connectivity index (χ4n) is 1.47. The maximum absolute atomic E-state index is 11.8. The number of amides is 1. The summed E-state index contributed by atoms with van der Waals surface area (Å²) in [5, 5.41) is 21.8. The van der Waals surface area contributed by atoms with Crippen molar-refractivity contribution in [1.82, 2.24) is 5.32 Å². The minimum atomic E-state index is -0.972. The van der Waals surface area contributed by atoms with Crippen LogP contribution >= 0.6 is 11.8 Å². The first-order chi connectivity index (χ1) is 8.35. The normalized spacial score (nSPS) is 13.9. The summed E-state index contributed by atoms with van der Waals surface area (Å²) in [6.07, 6.45) is 1.88. The number of aliphatic hydroxyl groups is 1. The van der Waals surface area contributed by atoms with Gasteiger partial charge in [-0.05, 0) is 31.4 Å². The van der Waals surface area contributed by atoms with E-state index in [4.69, 9.17) is 5.73 Å². The van der Waals surface area contributed by atoms with Crippen molar-refractivity contribution in [3.63, 3.8) is 0 Å². The number of thioether (sulfide) groups is 1. The number of carbonyl (C=O) groups excluding carboxylic acids is 1. The number of hydrogen-bond acceptors (Lipinski definition) is 5. The Morgan fingerprint density at radius 3 is 2.83 bits per heavy atom. The molecule has 0 saturated carbocycles. The zero-order valence-electron chi connectivity index (χ0n) is 10.4. The Hall–Kier alpha value is -1.40. The minimum Gasteiger partial charge on any atom is -0.508 e. The standard InChI is InChI=1S/C12H18N2O3S/c1-12(17,7-18-2)6-14-11(16)9-5-8(15)3-4-10(9)13/h3-5,15,17H,6-7,13H2,1-2H3,(H,14,16). The molecule has 1 aromatic rings. The van der Waals surface area contributed by atoms with Crippen LogP contribution in [0, 0.1) is 0 Å². The number of rotatable bonds is 5. The summed E-state index contributed by atoms with van der Waals surface area (Å²) in [7, 11) is 0. The maximum atomic E-state index is 11.8. The van der Waals surface area contributed by atoms with Gasteiger partial charge in [0, 0.05) is 18.0 Å². The topological polar surface area (TPSA) is 95.6 Å². The highest BCUT2D eigenvalue weighted by atomic mass is 32.2. The van der Waals surface area contributed by atoms with Crippen molar-refractivity contribution >= 4 is 23.4 Å². The number of aromatic hydroxyl groups is 1. The van der Waals surface area contributed by atoms with Gasteiger partial charge in [-0.15, -0.1) is 0 Å². The predicted molar refractivity (Wildman–Crippen MR) is 73.9 cm³/mol. The fourth-order valence-corrected chi connectivity index (χ4v) is 2.19. The maximum Gasteiger partial charge on any atom is 0.253 e. The molecule has 100 valence electrons. The number of nitrogens with one attached hydrogen (secondary N) is 1. The molecule has 0 spiro atoms. The first kappa shape index (κ1) is 14.7. The second-order valence-corrected chi connectivity index (χ2v) is 5.25. The molecule has 1 aromatic carbocycles. The van der Waals surface area contributed by atoms with Crippen LogP contribution in [0.3, 0.4) is 0 Å². The van der Waals surface area contributed by atoms with Gasteiger partial charge in [-0.2, -0.15) is 11.8 Å². The summed E-state index contributed by atoms with van der Waals surface area (Å²) in [4.78, 5) is 11.8. The van der Waals surface area contributed by atoms with Crippen LogP contribution < -0.4 is 11.1 Å². The lowest BCUT2D eigenvalue weighted by Crippen LogP contribution is -2.42. The molecule has 0 radical (unpaired) electrons. The zero-order chi connectivity index (χ0) is 13.8. The highest BCUT2D eigenvalue weighted by molar-refractivity contribution is 7.98. The molecule has 1 unspecified atom stereocenters. The molecular weight excluding hydrogens is 252 g/mol. The Balaban J connectivity index is 2.69.